The van der Waals surface area contributed by atoms with Crippen molar-refractivity contribution in [1.82, 2.24) is 20.2 Å². The zero-order valence-electron chi connectivity index (χ0n) is 11.5. The molecule has 0 fully saturated rings. The highest BCUT2D eigenvalue weighted by Gasteiger charge is 2.14. The van der Waals surface area contributed by atoms with Gasteiger partial charge in [0.05, 0.1) is 11.6 Å². The van der Waals surface area contributed by atoms with Crippen LogP contribution in [0.2, 0.25) is 0 Å². The molecule has 2 heterocycles. The first-order chi connectivity index (χ1) is 8.46. The van der Waals surface area contributed by atoms with Crippen molar-refractivity contribution in [2.75, 3.05) is 5.32 Å². The molecule has 2 aromatic heterocycles. The smallest absolute Gasteiger partial charge is 0.160 e. The fourth-order valence-corrected chi connectivity index (χ4v) is 1.84. The van der Waals surface area contributed by atoms with Gasteiger partial charge < -0.3 is 5.32 Å². The topological polar surface area (TPSA) is 66.5 Å². The number of nitrogens with one attached hydrogen (secondary N) is 2. The van der Waals surface area contributed by atoms with E-state index in [0.29, 0.717) is 11.5 Å². The van der Waals surface area contributed by atoms with Crippen molar-refractivity contribution in [3.8, 4) is 0 Å². The zero-order valence-corrected chi connectivity index (χ0v) is 11.5. The Balaban J connectivity index is 2.03. The van der Waals surface area contributed by atoms with Gasteiger partial charge >= 0.3 is 0 Å². The van der Waals surface area contributed by atoms with E-state index in [1.807, 2.05) is 0 Å². The highest BCUT2D eigenvalue weighted by atomic mass is 15.2. The van der Waals surface area contributed by atoms with Gasteiger partial charge in [-0.2, -0.15) is 5.10 Å². The standard InChI is InChI=1S/C13H21N5/c1-9(5-6-13(2,3)4)17-11-10-7-16-18-12(10)15-8-14-11/h7-9H,5-6H2,1-4H3,(H2,14,15,16,17,18). The minimum Gasteiger partial charge on any atom is -0.367 e. The maximum atomic E-state index is 4.28. The van der Waals surface area contributed by atoms with Crippen LogP contribution >= 0.6 is 0 Å². The van der Waals surface area contributed by atoms with Crippen LogP contribution in [0, 0.1) is 5.41 Å². The molecule has 2 N–H and O–H groups in total. The van der Waals surface area contributed by atoms with Gasteiger partial charge in [0, 0.05) is 6.04 Å². The summed E-state index contributed by atoms with van der Waals surface area (Å²) in [5, 5.41) is 11.2. The van der Waals surface area contributed by atoms with Crippen LogP contribution in [-0.4, -0.2) is 26.2 Å². The SMILES string of the molecule is CC(CCC(C)(C)C)Nc1ncnc2[nH]ncc12. The molecule has 2 aromatic rings. The highest BCUT2D eigenvalue weighted by molar-refractivity contribution is 5.85. The van der Waals surface area contributed by atoms with E-state index in [0.717, 1.165) is 23.3 Å². The van der Waals surface area contributed by atoms with Crippen LogP contribution in [-0.2, 0) is 0 Å². The molecule has 5 heteroatoms. The third-order valence-corrected chi connectivity index (χ3v) is 2.96. The van der Waals surface area contributed by atoms with E-state index < -0.39 is 0 Å². The second kappa shape index (κ2) is 4.92. The third-order valence-electron chi connectivity index (χ3n) is 2.96. The molecule has 0 aliphatic carbocycles. The van der Waals surface area contributed by atoms with Crippen LogP contribution in [0.3, 0.4) is 0 Å². The first-order valence-electron chi connectivity index (χ1n) is 6.36. The Morgan fingerprint density at radius 1 is 1.33 bits per heavy atom. The molecule has 0 bridgehead atoms. The lowest BCUT2D eigenvalue weighted by Gasteiger charge is -2.21. The number of fused-ring (bicyclic) bond motifs is 1. The van der Waals surface area contributed by atoms with Gasteiger partial charge in [-0.3, -0.25) is 5.10 Å². The van der Waals surface area contributed by atoms with E-state index in [1.54, 1.807) is 12.5 Å². The van der Waals surface area contributed by atoms with Crippen molar-refractivity contribution in [2.45, 2.75) is 46.6 Å². The Morgan fingerprint density at radius 3 is 2.83 bits per heavy atom. The fraction of sp³-hybridized carbons (Fsp3) is 0.615. The Kier molecular flexibility index (Phi) is 3.50. The molecule has 1 unspecified atom stereocenters. The van der Waals surface area contributed by atoms with Crippen molar-refractivity contribution >= 4 is 16.9 Å². The molecule has 0 amide bonds. The first kappa shape index (κ1) is 12.8. The summed E-state index contributed by atoms with van der Waals surface area (Å²) in [5.74, 6) is 0.857. The van der Waals surface area contributed by atoms with E-state index in [9.17, 15) is 0 Å². The lowest BCUT2D eigenvalue weighted by Crippen LogP contribution is -2.19. The molecular formula is C13H21N5. The van der Waals surface area contributed by atoms with Crippen LogP contribution in [0.4, 0.5) is 5.82 Å². The van der Waals surface area contributed by atoms with Crippen molar-refractivity contribution < 1.29 is 0 Å². The number of aromatic amines is 1. The average Bonchev–Trinajstić information content (AvgIpc) is 2.74. The van der Waals surface area contributed by atoms with Crippen LogP contribution in [0.25, 0.3) is 11.0 Å². The largest absolute Gasteiger partial charge is 0.367 e. The maximum absolute atomic E-state index is 4.28. The molecule has 5 nitrogen and oxygen atoms in total. The Morgan fingerprint density at radius 2 is 2.11 bits per heavy atom. The molecular weight excluding hydrogens is 226 g/mol. The average molecular weight is 247 g/mol. The second-order valence-corrected chi connectivity index (χ2v) is 6.00. The molecule has 0 aliphatic rings. The molecule has 1 atom stereocenters. The fourth-order valence-electron chi connectivity index (χ4n) is 1.84. The van der Waals surface area contributed by atoms with Crippen LogP contribution in [0.1, 0.15) is 40.5 Å². The second-order valence-electron chi connectivity index (χ2n) is 6.00. The van der Waals surface area contributed by atoms with Gasteiger partial charge in [0.1, 0.15) is 12.1 Å². The number of hydrogen-bond acceptors (Lipinski definition) is 4. The summed E-state index contributed by atoms with van der Waals surface area (Å²) in [7, 11) is 0. The van der Waals surface area contributed by atoms with Gasteiger partial charge in [0.2, 0.25) is 0 Å². The lowest BCUT2D eigenvalue weighted by molar-refractivity contribution is 0.357. The molecule has 2 rings (SSSR count). The van der Waals surface area contributed by atoms with E-state index in [4.69, 9.17) is 0 Å². The monoisotopic (exact) mass is 247 g/mol. The lowest BCUT2D eigenvalue weighted by atomic mass is 9.89. The molecule has 98 valence electrons. The molecule has 0 radical (unpaired) electrons. The van der Waals surface area contributed by atoms with Crippen molar-refractivity contribution in [3.05, 3.63) is 12.5 Å². The van der Waals surface area contributed by atoms with Gasteiger partial charge in [0.25, 0.3) is 0 Å². The molecule has 0 spiro atoms. The summed E-state index contributed by atoms with van der Waals surface area (Å²) in [5.41, 5.74) is 1.14. The Hall–Kier alpha value is -1.65. The van der Waals surface area contributed by atoms with Gasteiger partial charge in [-0.05, 0) is 25.2 Å². The van der Waals surface area contributed by atoms with Crippen LogP contribution in [0.5, 0.6) is 0 Å². The Bertz CT molecular complexity index is 511. The summed E-state index contributed by atoms with van der Waals surface area (Å²) in [6, 6.07) is 0.386. The number of hydrogen-bond donors (Lipinski definition) is 2. The van der Waals surface area contributed by atoms with Crippen molar-refractivity contribution in [1.29, 1.82) is 0 Å². The van der Waals surface area contributed by atoms with Gasteiger partial charge in [-0.15, -0.1) is 0 Å². The normalized spacial score (nSPS) is 13.8. The summed E-state index contributed by atoms with van der Waals surface area (Å²) in [6.45, 7) is 8.97. The summed E-state index contributed by atoms with van der Waals surface area (Å²) in [6.07, 6.45) is 5.61. The molecule has 0 aromatic carbocycles. The molecule has 0 saturated heterocycles. The highest BCUT2D eigenvalue weighted by Crippen LogP contribution is 2.23. The minimum absolute atomic E-state index is 0.368. The third kappa shape index (κ3) is 3.18. The molecule has 18 heavy (non-hydrogen) atoms. The maximum Gasteiger partial charge on any atom is 0.160 e. The van der Waals surface area contributed by atoms with Crippen LogP contribution < -0.4 is 5.32 Å². The van der Waals surface area contributed by atoms with Crippen LogP contribution in [0.15, 0.2) is 12.5 Å². The minimum atomic E-state index is 0.368. The van der Waals surface area contributed by atoms with E-state index in [1.165, 1.54) is 6.42 Å². The predicted octanol–water partition coefficient (Wildman–Crippen LogP) is 2.98. The first-order valence-corrected chi connectivity index (χ1v) is 6.36. The van der Waals surface area contributed by atoms with E-state index in [-0.39, 0.29) is 0 Å². The molecule has 0 aliphatic heterocycles. The Labute approximate surface area is 107 Å². The van der Waals surface area contributed by atoms with Gasteiger partial charge in [0.15, 0.2) is 5.65 Å². The number of aromatic nitrogens is 4. The number of H-pyrrole nitrogens is 1. The van der Waals surface area contributed by atoms with Gasteiger partial charge in [-0.25, -0.2) is 9.97 Å². The van der Waals surface area contributed by atoms with Crippen molar-refractivity contribution in [3.63, 3.8) is 0 Å². The summed E-state index contributed by atoms with van der Waals surface area (Å²) >= 11 is 0. The number of nitrogens with zero attached hydrogens (tertiary/aromatic N) is 3. The number of rotatable bonds is 4. The van der Waals surface area contributed by atoms with Crippen molar-refractivity contribution in [2.24, 2.45) is 5.41 Å². The predicted molar refractivity (Wildman–Crippen MR) is 73.5 cm³/mol. The summed E-state index contributed by atoms with van der Waals surface area (Å²) in [4.78, 5) is 8.41. The van der Waals surface area contributed by atoms with E-state index >= 15 is 0 Å². The summed E-state index contributed by atoms with van der Waals surface area (Å²) < 4.78 is 0. The zero-order chi connectivity index (χ0) is 13.2. The van der Waals surface area contributed by atoms with E-state index in [2.05, 4.69) is 53.2 Å². The quantitative estimate of drug-likeness (QED) is 0.871. The molecule has 0 saturated carbocycles. The number of anilines is 1. The van der Waals surface area contributed by atoms with Gasteiger partial charge in [-0.1, -0.05) is 20.8 Å².